The molecule has 0 aliphatic carbocycles. The van der Waals surface area contributed by atoms with Gasteiger partial charge in [-0.2, -0.15) is 0 Å². The van der Waals surface area contributed by atoms with Crippen molar-refractivity contribution < 1.29 is 19.1 Å². The highest BCUT2D eigenvalue weighted by molar-refractivity contribution is 9.10. The molecule has 1 aromatic heterocycles. The molecule has 0 saturated heterocycles. The summed E-state index contributed by atoms with van der Waals surface area (Å²) in [5.74, 6) is -0.671. The third-order valence-corrected chi connectivity index (χ3v) is 3.85. The molecule has 0 radical (unpaired) electrons. The van der Waals surface area contributed by atoms with Gasteiger partial charge >= 0.3 is 0 Å². The van der Waals surface area contributed by atoms with Crippen LogP contribution in [0.3, 0.4) is 0 Å². The van der Waals surface area contributed by atoms with E-state index >= 15 is 0 Å². The van der Waals surface area contributed by atoms with Gasteiger partial charge in [0, 0.05) is 15.4 Å². The topological polar surface area (TPSA) is 79.5 Å². The number of halogens is 1. The number of ketones is 1. The molecule has 0 aliphatic rings. The van der Waals surface area contributed by atoms with Crippen LogP contribution in [-0.2, 0) is 0 Å². The maximum absolute atomic E-state index is 12.3. The van der Waals surface area contributed by atoms with Crippen molar-refractivity contribution in [3.05, 3.63) is 58.3 Å². The van der Waals surface area contributed by atoms with Crippen molar-refractivity contribution in [2.45, 2.75) is 6.92 Å². The number of Topliss-reactive ketones (excluding diaryl/α,β-unsaturated/α-hetero) is 1. The van der Waals surface area contributed by atoms with Crippen molar-refractivity contribution in [2.24, 2.45) is 0 Å². The predicted octanol–water partition coefficient (Wildman–Crippen LogP) is 4.36. The second-order valence-corrected chi connectivity index (χ2v) is 5.95. The van der Waals surface area contributed by atoms with Crippen molar-refractivity contribution in [1.82, 2.24) is 0 Å². The largest absolute Gasteiger partial charge is 0.506 e. The Morgan fingerprint density at radius 1 is 1.13 bits per heavy atom. The van der Waals surface area contributed by atoms with Gasteiger partial charge in [-0.15, -0.1) is 0 Å². The van der Waals surface area contributed by atoms with E-state index in [9.17, 15) is 14.7 Å². The molecule has 2 N–H and O–H groups in total. The maximum Gasteiger partial charge on any atom is 0.291 e. The summed E-state index contributed by atoms with van der Waals surface area (Å²) in [6, 6.07) is 11.3. The lowest BCUT2D eigenvalue weighted by molar-refractivity contribution is 0.0993. The lowest BCUT2D eigenvalue weighted by atomic mass is 10.1. The molecule has 23 heavy (non-hydrogen) atoms. The van der Waals surface area contributed by atoms with Gasteiger partial charge in [0.25, 0.3) is 5.91 Å². The Morgan fingerprint density at radius 3 is 2.65 bits per heavy atom. The lowest BCUT2D eigenvalue weighted by Crippen LogP contribution is -2.11. The molecule has 0 fully saturated rings. The highest BCUT2D eigenvalue weighted by atomic mass is 79.9. The quantitative estimate of drug-likeness (QED) is 0.528. The molecular formula is C17H12BrNO4. The van der Waals surface area contributed by atoms with E-state index in [2.05, 4.69) is 21.2 Å². The number of hydrogen-bond acceptors (Lipinski definition) is 4. The first-order valence-electron chi connectivity index (χ1n) is 6.78. The number of nitrogens with one attached hydrogen (secondary N) is 1. The molecule has 3 aromatic rings. The Labute approximate surface area is 140 Å². The van der Waals surface area contributed by atoms with Gasteiger partial charge in [0.05, 0.1) is 5.69 Å². The Kier molecular flexibility index (Phi) is 3.92. The van der Waals surface area contributed by atoms with Gasteiger partial charge in [0.2, 0.25) is 0 Å². The number of amides is 1. The standard InChI is InChI=1S/C17H12BrNO4/c1-9(20)10-2-4-14(21)13(7-10)19-17(22)16-8-11-6-12(18)3-5-15(11)23-16/h2-8,21H,1H3,(H,19,22). The maximum atomic E-state index is 12.3. The third-order valence-electron chi connectivity index (χ3n) is 3.35. The van der Waals surface area contributed by atoms with Crippen molar-refractivity contribution in [1.29, 1.82) is 0 Å². The highest BCUT2D eigenvalue weighted by Crippen LogP contribution is 2.27. The molecule has 5 nitrogen and oxygen atoms in total. The van der Waals surface area contributed by atoms with Crippen LogP contribution in [0.5, 0.6) is 5.75 Å². The van der Waals surface area contributed by atoms with Crippen LogP contribution < -0.4 is 5.32 Å². The number of fused-ring (bicyclic) bond motifs is 1. The molecule has 0 saturated carbocycles. The van der Waals surface area contributed by atoms with Crippen molar-refractivity contribution in [3.8, 4) is 5.75 Å². The first-order valence-corrected chi connectivity index (χ1v) is 7.58. The minimum Gasteiger partial charge on any atom is -0.506 e. The minimum atomic E-state index is -0.506. The number of carbonyl (C=O) groups is 2. The van der Waals surface area contributed by atoms with Crippen molar-refractivity contribution in [3.63, 3.8) is 0 Å². The molecule has 0 unspecified atom stereocenters. The van der Waals surface area contributed by atoms with Crippen LogP contribution in [0.15, 0.2) is 51.4 Å². The number of furan rings is 1. The van der Waals surface area contributed by atoms with E-state index in [1.54, 1.807) is 12.1 Å². The minimum absolute atomic E-state index is 0.116. The molecule has 0 atom stereocenters. The molecule has 116 valence electrons. The fourth-order valence-electron chi connectivity index (χ4n) is 2.17. The predicted molar refractivity (Wildman–Crippen MR) is 90.0 cm³/mol. The fraction of sp³-hybridized carbons (Fsp3) is 0.0588. The number of rotatable bonds is 3. The van der Waals surface area contributed by atoms with Gasteiger partial charge in [0.1, 0.15) is 11.3 Å². The van der Waals surface area contributed by atoms with Gasteiger partial charge < -0.3 is 14.8 Å². The average molecular weight is 374 g/mol. The molecule has 6 heteroatoms. The van der Waals surface area contributed by atoms with Gasteiger partial charge in [-0.3, -0.25) is 9.59 Å². The fourth-order valence-corrected chi connectivity index (χ4v) is 2.54. The van der Waals surface area contributed by atoms with Gasteiger partial charge in [-0.25, -0.2) is 0 Å². The monoisotopic (exact) mass is 373 g/mol. The molecule has 1 amide bonds. The van der Waals surface area contributed by atoms with E-state index in [0.29, 0.717) is 11.1 Å². The second-order valence-electron chi connectivity index (χ2n) is 5.04. The van der Waals surface area contributed by atoms with E-state index in [1.807, 2.05) is 12.1 Å². The summed E-state index contributed by atoms with van der Waals surface area (Å²) in [4.78, 5) is 23.7. The summed E-state index contributed by atoms with van der Waals surface area (Å²) < 4.78 is 6.37. The van der Waals surface area contributed by atoms with E-state index in [-0.39, 0.29) is 23.0 Å². The number of phenols is 1. The number of hydrogen-bond donors (Lipinski definition) is 2. The Hall–Kier alpha value is -2.60. The summed E-state index contributed by atoms with van der Waals surface area (Å²) in [6.45, 7) is 1.41. The zero-order valence-corrected chi connectivity index (χ0v) is 13.7. The van der Waals surface area contributed by atoms with E-state index in [0.717, 1.165) is 9.86 Å². The summed E-state index contributed by atoms with van der Waals surface area (Å²) >= 11 is 3.36. The first kappa shape index (κ1) is 15.3. The normalized spacial score (nSPS) is 10.7. The van der Waals surface area contributed by atoms with Gasteiger partial charge in [-0.05, 0) is 49.4 Å². The second kappa shape index (κ2) is 5.89. The number of aromatic hydroxyl groups is 1. The van der Waals surface area contributed by atoms with E-state index < -0.39 is 5.91 Å². The van der Waals surface area contributed by atoms with Crippen molar-refractivity contribution >= 4 is 44.3 Å². The molecule has 2 aromatic carbocycles. The van der Waals surface area contributed by atoms with Crippen LogP contribution in [0, 0.1) is 0 Å². The first-order chi connectivity index (χ1) is 10.9. The smallest absolute Gasteiger partial charge is 0.291 e. The summed E-state index contributed by atoms with van der Waals surface area (Å²) in [7, 11) is 0. The molecule has 1 heterocycles. The van der Waals surface area contributed by atoms with Gasteiger partial charge in [0.15, 0.2) is 11.5 Å². The number of carbonyl (C=O) groups excluding carboxylic acids is 2. The molecular weight excluding hydrogens is 362 g/mol. The summed E-state index contributed by atoms with van der Waals surface area (Å²) in [6.07, 6.45) is 0. The SMILES string of the molecule is CC(=O)c1ccc(O)c(NC(=O)c2cc3cc(Br)ccc3o2)c1. The van der Waals surface area contributed by atoms with Crippen LogP contribution in [0.4, 0.5) is 5.69 Å². The Bertz CT molecular complexity index is 929. The van der Waals surface area contributed by atoms with Gasteiger partial charge in [-0.1, -0.05) is 15.9 Å². The van der Waals surface area contributed by atoms with Crippen LogP contribution in [0.2, 0.25) is 0 Å². The lowest BCUT2D eigenvalue weighted by Gasteiger charge is -2.07. The van der Waals surface area contributed by atoms with E-state index in [1.165, 1.54) is 25.1 Å². The van der Waals surface area contributed by atoms with Crippen LogP contribution >= 0.6 is 15.9 Å². The van der Waals surface area contributed by atoms with Crippen LogP contribution in [-0.4, -0.2) is 16.8 Å². The molecule has 0 spiro atoms. The zero-order chi connectivity index (χ0) is 16.6. The van der Waals surface area contributed by atoms with Crippen LogP contribution in [0.1, 0.15) is 27.8 Å². The Balaban J connectivity index is 1.91. The van der Waals surface area contributed by atoms with Crippen LogP contribution in [0.25, 0.3) is 11.0 Å². The third kappa shape index (κ3) is 3.12. The number of benzene rings is 2. The molecule has 0 aliphatic heterocycles. The number of phenolic OH excluding ortho intramolecular Hbond substituents is 1. The highest BCUT2D eigenvalue weighted by Gasteiger charge is 2.15. The summed E-state index contributed by atoms with van der Waals surface area (Å²) in [5.41, 5.74) is 1.14. The van der Waals surface area contributed by atoms with E-state index in [4.69, 9.17) is 4.42 Å². The summed E-state index contributed by atoms with van der Waals surface area (Å²) in [5, 5.41) is 13.2. The Morgan fingerprint density at radius 2 is 1.91 bits per heavy atom. The zero-order valence-electron chi connectivity index (χ0n) is 12.1. The van der Waals surface area contributed by atoms with Crippen molar-refractivity contribution in [2.75, 3.05) is 5.32 Å². The average Bonchev–Trinajstić information content (AvgIpc) is 2.92. The molecule has 0 bridgehead atoms. The molecule has 3 rings (SSSR count). The number of anilines is 1.